The van der Waals surface area contributed by atoms with E-state index in [1.165, 1.54) is 5.56 Å². The third kappa shape index (κ3) is 4.66. The normalized spacial score (nSPS) is 23.7. The lowest BCUT2D eigenvalue weighted by molar-refractivity contribution is -0.224. The minimum absolute atomic E-state index is 0.105. The Morgan fingerprint density at radius 1 is 1.22 bits per heavy atom. The lowest BCUT2D eigenvalue weighted by atomic mass is 10.0. The highest BCUT2D eigenvalue weighted by molar-refractivity contribution is 6.74. The van der Waals surface area contributed by atoms with Gasteiger partial charge in [-0.05, 0) is 29.6 Å². The Morgan fingerprint density at radius 3 is 2.35 bits per heavy atom. The highest BCUT2D eigenvalue weighted by Crippen LogP contribution is 2.40. The monoisotopic (exact) mass is 335 g/mol. The van der Waals surface area contributed by atoms with Gasteiger partial charge in [-0.2, -0.15) is 5.06 Å². The summed E-state index contributed by atoms with van der Waals surface area (Å²) in [5.74, 6) is 0.548. The van der Waals surface area contributed by atoms with Gasteiger partial charge in [0.25, 0.3) is 0 Å². The van der Waals surface area contributed by atoms with Gasteiger partial charge in [0.1, 0.15) is 0 Å². The average molecular weight is 336 g/mol. The van der Waals surface area contributed by atoms with Crippen LogP contribution in [-0.2, 0) is 15.8 Å². The van der Waals surface area contributed by atoms with Crippen molar-refractivity contribution < 1.29 is 9.26 Å². The van der Waals surface area contributed by atoms with Gasteiger partial charge in [-0.1, -0.05) is 65.0 Å². The fourth-order valence-corrected chi connectivity index (χ4v) is 3.83. The number of hydrogen-bond donors (Lipinski definition) is 0. The van der Waals surface area contributed by atoms with Crippen molar-refractivity contribution in [3.8, 4) is 0 Å². The number of benzene rings is 1. The zero-order valence-electron chi connectivity index (χ0n) is 15.8. The molecule has 2 atom stereocenters. The van der Waals surface area contributed by atoms with E-state index >= 15 is 0 Å². The Morgan fingerprint density at radius 2 is 1.83 bits per heavy atom. The molecule has 130 valence electrons. The van der Waals surface area contributed by atoms with Gasteiger partial charge in [-0.25, -0.2) is 0 Å². The summed E-state index contributed by atoms with van der Waals surface area (Å²) in [6.07, 6.45) is 0.851. The van der Waals surface area contributed by atoms with E-state index in [1.807, 2.05) is 0 Å². The van der Waals surface area contributed by atoms with Gasteiger partial charge in [0.15, 0.2) is 14.6 Å². The summed E-state index contributed by atoms with van der Waals surface area (Å²) >= 11 is 0. The molecule has 1 aromatic rings. The van der Waals surface area contributed by atoms with Gasteiger partial charge < -0.3 is 4.43 Å². The SMILES string of the molecule is CC(C)[C@@H]1C[C@@H](O[Si](C)(C)C(C)(C)C)ON1Cc1ccccc1. The van der Waals surface area contributed by atoms with E-state index in [1.54, 1.807) is 0 Å². The number of hydroxylamine groups is 2. The lowest BCUT2D eigenvalue weighted by Gasteiger charge is -2.37. The molecule has 0 radical (unpaired) electrons. The van der Waals surface area contributed by atoms with Crippen LogP contribution in [0, 0.1) is 5.92 Å². The molecule has 2 rings (SSSR count). The molecule has 0 N–H and O–H groups in total. The fraction of sp³-hybridized carbons (Fsp3) is 0.684. The summed E-state index contributed by atoms with van der Waals surface area (Å²) in [6.45, 7) is 16.8. The van der Waals surface area contributed by atoms with E-state index in [0.717, 1.165) is 13.0 Å². The molecule has 1 fully saturated rings. The van der Waals surface area contributed by atoms with Crippen molar-refractivity contribution in [3.05, 3.63) is 35.9 Å². The molecule has 0 amide bonds. The Labute approximate surface area is 143 Å². The van der Waals surface area contributed by atoms with Gasteiger partial charge in [-0.15, -0.1) is 0 Å². The summed E-state index contributed by atoms with van der Waals surface area (Å²) in [4.78, 5) is 6.22. The van der Waals surface area contributed by atoms with Crippen molar-refractivity contribution in [1.29, 1.82) is 0 Å². The third-order valence-corrected chi connectivity index (χ3v) is 9.70. The van der Waals surface area contributed by atoms with Crippen molar-refractivity contribution in [2.45, 2.75) is 78.0 Å². The van der Waals surface area contributed by atoms with Crippen LogP contribution in [0.4, 0.5) is 0 Å². The minimum atomic E-state index is -1.81. The molecule has 1 aromatic carbocycles. The van der Waals surface area contributed by atoms with Crippen molar-refractivity contribution in [1.82, 2.24) is 5.06 Å². The maximum Gasteiger partial charge on any atom is 0.195 e. The number of nitrogens with zero attached hydrogens (tertiary/aromatic N) is 1. The second-order valence-corrected chi connectivity index (χ2v) is 13.3. The average Bonchev–Trinajstić information content (AvgIpc) is 2.80. The lowest BCUT2D eigenvalue weighted by Crippen LogP contribution is -2.44. The molecular weight excluding hydrogens is 302 g/mol. The number of hydrogen-bond acceptors (Lipinski definition) is 3. The van der Waals surface area contributed by atoms with Gasteiger partial charge in [0.05, 0.1) is 0 Å². The maximum atomic E-state index is 6.49. The molecule has 23 heavy (non-hydrogen) atoms. The van der Waals surface area contributed by atoms with E-state index in [2.05, 4.69) is 83.1 Å². The third-order valence-electron chi connectivity index (χ3n) is 5.24. The minimum Gasteiger partial charge on any atom is -0.391 e. The van der Waals surface area contributed by atoms with Crippen LogP contribution in [-0.4, -0.2) is 25.7 Å². The molecule has 0 bridgehead atoms. The summed E-state index contributed by atoms with van der Waals surface area (Å²) in [5.41, 5.74) is 1.28. The molecule has 3 nitrogen and oxygen atoms in total. The maximum absolute atomic E-state index is 6.49. The first kappa shape index (κ1) is 18.7. The standard InChI is InChI=1S/C19H33NO2Si/c1-15(2)17-13-18(22-23(6,7)19(3,4)5)21-20(17)14-16-11-9-8-10-12-16/h8-12,15,17-18H,13-14H2,1-7H3/t17-,18+/m0/s1. The largest absolute Gasteiger partial charge is 0.391 e. The Balaban J connectivity index is 2.06. The van der Waals surface area contributed by atoms with E-state index in [-0.39, 0.29) is 11.3 Å². The quantitative estimate of drug-likeness (QED) is 0.691. The summed E-state index contributed by atoms with van der Waals surface area (Å²) < 4.78 is 6.49. The van der Waals surface area contributed by atoms with E-state index < -0.39 is 8.32 Å². The summed E-state index contributed by atoms with van der Waals surface area (Å²) in [5, 5.41) is 2.34. The number of rotatable bonds is 5. The first-order chi connectivity index (χ1) is 10.6. The fourth-order valence-electron chi connectivity index (χ4n) is 2.68. The molecule has 1 aliphatic heterocycles. The van der Waals surface area contributed by atoms with Crippen LogP contribution in [0.25, 0.3) is 0 Å². The van der Waals surface area contributed by atoms with Crippen LogP contribution in [0.15, 0.2) is 30.3 Å². The molecule has 4 heteroatoms. The predicted octanol–water partition coefficient (Wildman–Crippen LogP) is 5.20. The Bertz CT molecular complexity index is 496. The van der Waals surface area contributed by atoms with Gasteiger partial charge >= 0.3 is 0 Å². The molecular formula is C19H33NO2Si. The highest BCUT2D eigenvalue weighted by atomic mass is 28.4. The van der Waals surface area contributed by atoms with Crippen LogP contribution >= 0.6 is 0 Å². The zero-order chi connectivity index (χ0) is 17.3. The van der Waals surface area contributed by atoms with Crippen molar-refractivity contribution in [2.24, 2.45) is 5.92 Å². The predicted molar refractivity (Wildman–Crippen MR) is 98.4 cm³/mol. The first-order valence-electron chi connectivity index (χ1n) is 8.75. The summed E-state index contributed by atoms with van der Waals surface area (Å²) in [7, 11) is -1.81. The van der Waals surface area contributed by atoms with Gasteiger partial charge in [0, 0.05) is 19.0 Å². The molecule has 0 unspecified atom stereocenters. The smallest absolute Gasteiger partial charge is 0.195 e. The zero-order valence-corrected chi connectivity index (χ0v) is 16.8. The van der Waals surface area contributed by atoms with E-state index in [0.29, 0.717) is 12.0 Å². The first-order valence-corrected chi connectivity index (χ1v) is 11.7. The van der Waals surface area contributed by atoms with Crippen LogP contribution in [0.2, 0.25) is 18.1 Å². The molecule has 1 saturated heterocycles. The van der Waals surface area contributed by atoms with Gasteiger partial charge in [0.2, 0.25) is 0 Å². The van der Waals surface area contributed by atoms with Crippen molar-refractivity contribution in [2.75, 3.05) is 0 Å². The van der Waals surface area contributed by atoms with Crippen LogP contribution in [0.1, 0.15) is 46.6 Å². The van der Waals surface area contributed by atoms with E-state index in [4.69, 9.17) is 9.26 Å². The van der Waals surface area contributed by atoms with Gasteiger partial charge in [-0.3, -0.25) is 4.84 Å². The molecule has 0 aliphatic carbocycles. The second kappa shape index (κ2) is 7.05. The topological polar surface area (TPSA) is 21.7 Å². The van der Waals surface area contributed by atoms with Crippen LogP contribution in [0.3, 0.4) is 0 Å². The van der Waals surface area contributed by atoms with Crippen molar-refractivity contribution >= 4 is 8.32 Å². The Hall–Kier alpha value is -0.683. The molecule has 1 heterocycles. The summed E-state index contributed by atoms with van der Waals surface area (Å²) in [6, 6.07) is 10.9. The molecule has 0 aromatic heterocycles. The molecule has 0 saturated carbocycles. The molecule has 0 spiro atoms. The van der Waals surface area contributed by atoms with Crippen LogP contribution in [0.5, 0.6) is 0 Å². The highest BCUT2D eigenvalue weighted by Gasteiger charge is 2.44. The van der Waals surface area contributed by atoms with Crippen molar-refractivity contribution in [3.63, 3.8) is 0 Å². The second-order valence-electron chi connectivity index (χ2n) is 8.52. The molecule has 1 aliphatic rings. The van der Waals surface area contributed by atoms with E-state index in [9.17, 15) is 0 Å². The van der Waals surface area contributed by atoms with Crippen LogP contribution < -0.4 is 0 Å². The Kier molecular flexibility index (Phi) is 5.72.